The first-order chi connectivity index (χ1) is 12.8. The van der Waals surface area contributed by atoms with E-state index in [2.05, 4.69) is 41.0 Å². The fourth-order valence-corrected chi connectivity index (χ4v) is 3.44. The largest absolute Gasteiger partial charge is 0.324 e. The molecule has 27 heavy (non-hydrogen) atoms. The molecule has 0 saturated heterocycles. The number of aromatic nitrogens is 4. The molecule has 0 spiro atoms. The molecule has 2 heterocycles. The normalized spacial score (nSPS) is 11.2. The van der Waals surface area contributed by atoms with Crippen molar-refractivity contribution in [3.63, 3.8) is 0 Å². The second kappa shape index (κ2) is 7.84. The Bertz CT molecular complexity index is 1030. The van der Waals surface area contributed by atoms with E-state index in [-0.39, 0.29) is 23.3 Å². The molecule has 0 bridgehead atoms. The zero-order chi connectivity index (χ0) is 19.4. The first-order valence-electron chi connectivity index (χ1n) is 7.73. The van der Waals surface area contributed by atoms with Crippen molar-refractivity contribution in [1.29, 1.82) is 0 Å². The number of aryl methyl sites for hydroxylation is 1. The van der Waals surface area contributed by atoms with Crippen LogP contribution in [0.5, 0.6) is 0 Å². The Labute approximate surface area is 164 Å². The van der Waals surface area contributed by atoms with Gasteiger partial charge in [0.05, 0.1) is 15.1 Å². The van der Waals surface area contributed by atoms with Crippen LogP contribution < -0.4 is 10.0 Å². The predicted molar refractivity (Wildman–Crippen MR) is 103 cm³/mol. The highest BCUT2D eigenvalue weighted by atomic mass is 79.9. The molecule has 2 N–H and O–H groups in total. The smallest absolute Gasteiger partial charge is 0.264 e. The Balaban J connectivity index is 1.65. The van der Waals surface area contributed by atoms with E-state index in [4.69, 9.17) is 0 Å². The second-order valence-corrected chi connectivity index (χ2v) is 8.05. The van der Waals surface area contributed by atoms with Crippen LogP contribution >= 0.6 is 15.9 Å². The number of amides is 1. The average molecular weight is 451 g/mol. The zero-order valence-electron chi connectivity index (χ0n) is 14.1. The monoisotopic (exact) mass is 450 g/mol. The topological polar surface area (TPSA) is 119 Å². The average Bonchev–Trinajstić information content (AvgIpc) is 2.93. The van der Waals surface area contributed by atoms with E-state index in [1.165, 1.54) is 41.3 Å². The quantitative estimate of drug-likeness (QED) is 0.593. The molecular formula is C16H15BrN6O3S. The number of rotatable bonds is 6. The van der Waals surface area contributed by atoms with Crippen molar-refractivity contribution in [2.75, 3.05) is 10.0 Å². The molecule has 0 unspecified atom stereocenters. The van der Waals surface area contributed by atoms with E-state index in [1.807, 2.05) is 6.92 Å². The number of anilines is 2. The lowest BCUT2D eigenvalue weighted by molar-refractivity contribution is -0.116. The molecule has 2 aromatic heterocycles. The summed E-state index contributed by atoms with van der Waals surface area (Å²) in [5.41, 5.74) is 1.25. The standard InChI is InChI=1S/C16H15BrN6O3S/c1-11-14(17)9-23(21-11)10-15(24)20-12-3-5-13(6-4-12)27(25,26)22-16-18-7-2-8-19-16/h2-9H,10H2,1H3,(H,20,24)(H,18,19,22). The molecule has 1 aromatic carbocycles. The van der Waals surface area contributed by atoms with E-state index in [9.17, 15) is 13.2 Å². The van der Waals surface area contributed by atoms with Gasteiger partial charge in [-0.1, -0.05) is 0 Å². The van der Waals surface area contributed by atoms with Crippen LogP contribution in [0.2, 0.25) is 0 Å². The number of halogens is 1. The number of hydrogen-bond acceptors (Lipinski definition) is 6. The van der Waals surface area contributed by atoms with Gasteiger partial charge in [0.1, 0.15) is 6.54 Å². The van der Waals surface area contributed by atoms with Crippen LogP contribution in [-0.2, 0) is 21.4 Å². The van der Waals surface area contributed by atoms with Crippen LogP contribution in [0.25, 0.3) is 0 Å². The maximum atomic E-state index is 12.3. The van der Waals surface area contributed by atoms with E-state index < -0.39 is 10.0 Å². The summed E-state index contributed by atoms with van der Waals surface area (Å²) in [6.07, 6.45) is 4.58. The number of nitrogens with zero attached hydrogens (tertiary/aromatic N) is 4. The van der Waals surface area contributed by atoms with Gasteiger partial charge in [-0.25, -0.2) is 23.1 Å². The number of nitrogens with one attached hydrogen (secondary N) is 2. The van der Waals surface area contributed by atoms with Crippen molar-refractivity contribution in [2.45, 2.75) is 18.4 Å². The minimum absolute atomic E-state index is 0.0180. The van der Waals surface area contributed by atoms with Crippen molar-refractivity contribution >= 4 is 43.5 Å². The van der Waals surface area contributed by atoms with Crippen molar-refractivity contribution < 1.29 is 13.2 Å². The third kappa shape index (κ3) is 4.89. The van der Waals surface area contributed by atoms with E-state index in [0.717, 1.165) is 10.2 Å². The fraction of sp³-hybridized carbons (Fsp3) is 0.125. The summed E-state index contributed by atoms with van der Waals surface area (Å²) in [5.74, 6) is -0.299. The van der Waals surface area contributed by atoms with Gasteiger partial charge in [0.2, 0.25) is 11.9 Å². The van der Waals surface area contributed by atoms with Gasteiger partial charge in [-0.15, -0.1) is 0 Å². The fourth-order valence-electron chi connectivity index (χ4n) is 2.17. The first-order valence-corrected chi connectivity index (χ1v) is 10.0. The summed E-state index contributed by atoms with van der Waals surface area (Å²) in [6.45, 7) is 1.87. The van der Waals surface area contributed by atoms with Crippen LogP contribution in [0, 0.1) is 6.92 Å². The molecular weight excluding hydrogens is 436 g/mol. The molecule has 140 valence electrons. The van der Waals surface area contributed by atoms with Crippen molar-refractivity contribution in [1.82, 2.24) is 19.7 Å². The van der Waals surface area contributed by atoms with Crippen molar-refractivity contribution in [3.8, 4) is 0 Å². The molecule has 0 atom stereocenters. The number of carbonyl (C=O) groups is 1. The summed E-state index contributed by atoms with van der Waals surface area (Å²) in [7, 11) is -3.82. The summed E-state index contributed by atoms with van der Waals surface area (Å²) in [5, 5.41) is 6.88. The Morgan fingerprint density at radius 1 is 1.19 bits per heavy atom. The maximum absolute atomic E-state index is 12.3. The van der Waals surface area contributed by atoms with Gasteiger partial charge in [-0.2, -0.15) is 5.10 Å². The van der Waals surface area contributed by atoms with Gasteiger partial charge in [0.25, 0.3) is 10.0 Å². The molecule has 0 aliphatic rings. The summed E-state index contributed by atoms with van der Waals surface area (Å²) >= 11 is 3.34. The molecule has 0 fully saturated rings. The van der Waals surface area contributed by atoms with Gasteiger partial charge in [0.15, 0.2) is 0 Å². The minimum Gasteiger partial charge on any atom is -0.324 e. The molecule has 0 aliphatic carbocycles. The number of benzene rings is 1. The van der Waals surface area contributed by atoms with Crippen LogP contribution in [0.1, 0.15) is 5.69 Å². The van der Waals surface area contributed by atoms with Gasteiger partial charge in [-0.05, 0) is 53.2 Å². The second-order valence-electron chi connectivity index (χ2n) is 5.51. The zero-order valence-corrected chi connectivity index (χ0v) is 16.5. The third-order valence-corrected chi connectivity index (χ3v) is 5.55. The number of sulfonamides is 1. The highest BCUT2D eigenvalue weighted by molar-refractivity contribution is 9.10. The van der Waals surface area contributed by atoms with E-state index in [1.54, 1.807) is 12.3 Å². The predicted octanol–water partition coefficient (Wildman–Crippen LogP) is 2.18. The van der Waals surface area contributed by atoms with Gasteiger partial charge < -0.3 is 5.32 Å². The lowest BCUT2D eigenvalue weighted by Gasteiger charge is -2.08. The molecule has 1 amide bonds. The van der Waals surface area contributed by atoms with E-state index in [0.29, 0.717) is 5.69 Å². The van der Waals surface area contributed by atoms with Crippen LogP contribution in [0.4, 0.5) is 11.6 Å². The molecule has 11 heteroatoms. The molecule has 3 aromatic rings. The Kier molecular flexibility index (Phi) is 5.51. The van der Waals surface area contributed by atoms with Gasteiger partial charge in [-0.3, -0.25) is 9.48 Å². The van der Waals surface area contributed by atoms with Crippen molar-refractivity contribution in [2.24, 2.45) is 0 Å². The highest BCUT2D eigenvalue weighted by Gasteiger charge is 2.15. The molecule has 0 saturated carbocycles. The molecule has 0 aliphatic heterocycles. The lowest BCUT2D eigenvalue weighted by Crippen LogP contribution is -2.19. The Morgan fingerprint density at radius 2 is 1.85 bits per heavy atom. The van der Waals surface area contributed by atoms with Gasteiger partial charge in [0, 0.05) is 24.3 Å². The summed E-state index contributed by atoms with van der Waals surface area (Å²) in [6, 6.07) is 7.36. The maximum Gasteiger partial charge on any atom is 0.264 e. The first kappa shape index (κ1) is 19.0. The van der Waals surface area contributed by atoms with E-state index >= 15 is 0 Å². The van der Waals surface area contributed by atoms with Gasteiger partial charge >= 0.3 is 0 Å². The molecule has 0 radical (unpaired) electrons. The van der Waals surface area contributed by atoms with Crippen molar-refractivity contribution in [3.05, 3.63) is 59.1 Å². The third-order valence-electron chi connectivity index (χ3n) is 3.43. The SMILES string of the molecule is Cc1nn(CC(=O)Nc2ccc(S(=O)(=O)Nc3ncccn3)cc2)cc1Br. The lowest BCUT2D eigenvalue weighted by atomic mass is 10.3. The summed E-state index contributed by atoms with van der Waals surface area (Å²) in [4.78, 5) is 19.8. The van der Waals surface area contributed by atoms with Crippen LogP contribution in [-0.4, -0.2) is 34.1 Å². The number of hydrogen-bond donors (Lipinski definition) is 2. The minimum atomic E-state index is -3.82. The Morgan fingerprint density at radius 3 is 2.44 bits per heavy atom. The Hall–Kier alpha value is -2.79. The molecule has 3 rings (SSSR count). The molecule has 9 nitrogen and oxygen atoms in total. The summed E-state index contributed by atoms with van der Waals surface area (Å²) < 4.78 is 29.2. The van der Waals surface area contributed by atoms with Crippen LogP contribution in [0.15, 0.2) is 58.3 Å². The number of carbonyl (C=O) groups excluding carboxylic acids is 1. The highest BCUT2D eigenvalue weighted by Crippen LogP contribution is 2.17. The van der Waals surface area contributed by atoms with Crippen LogP contribution in [0.3, 0.4) is 0 Å².